The van der Waals surface area contributed by atoms with Crippen LogP contribution in [0.15, 0.2) is 24.3 Å². The van der Waals surface area contributed by atoms with Gasteiger partial charge in [-0.15, -0.1) is 0 Å². The van der Waals surface area contributed by atoms with Crippen molar-refractivity contribution in [3.63, 3.8) is 0 Å². The summed E-state index contributed by atoms with van der Waals surface area (Å²) >= 11 is 4.94. The summed E-state index contributed by atoms with van der Waals surface area (Å²) in [6.07, 6.45) is 2.13. The molecule has 0 heterocycles. The molecule has 1 aromatic rings. The number of benzene rings is 1. The SMILES string of the molecule is CCC(CC)N(CCO)c1ccc(C(N)=S)cc1. The molecule has 0 spiro atoms. The zero-order valence-electron chi connectivity index (χ0n) is 11.1. The summed E-state index contributed by atoms with van der Waals surface area (Å²) in [6.45, 7) is 5.15. The van der Waals surface area contributed by atoms with Gasteiger partial charge in [0.15, 0.2) is 0 Å². The number of aliphatic hydroxyl groups is 1. The van der Waals surface area contributed by atoms with Gasteiger partial charge in [0.05, 0.1) is 6.61 Å². The van der Waals surface area contributed by atoms with Crippen LogP contribution in [0.25, 0.3) is 0 Å². The third-order valence-corrected chi connectivity index (χ3v) is 3.44. The Kier molecular flexibility index (Phi) is 6.09. The van der Waals surface area contributed by atoms with E-state index in [0.717, 1.165) is 24.1 Å². The fourth-order valence-corrected chi connectivity index (χ4v) is 2.31. The highest BCUT2D eigenvalue weighted by atomic mass is 32.1. The molecule has 0 bridgehead atoms. The van der Waals surface area contributed by atoms with Crippen LogP contribution < -0.4 is 10.6 Å². The number of rotatable bonds is 7. The molecule has 0 saturated carbocycles. The lowest BCUT2D eigenvalue weighted by Gasteiger charge is -2.32. The average molecular weight is 266 g/mol. The molecule has 0 unspecified atom stereocenters. The Balaban J connectivity index is 2.94. The van der Waals surface area contributed by atoms with Gasteiger partial charge in [0, 0.05) is 23.8 Å². The van der Waals surface area contributed by atoms with Crippen molar-refractivity contribution in [2.24, 2.45) is 5.73 Å². The van der Waals surface area contributed by atoms with Gasteiger partial charge in [-0.3, -0.25) is 0 Å². The molecule has 0 aliphatic heterocycles. The summed E-state index contributed by atoms with van der Waals surface area (Å²) in [6, 6.07) is 8.35. The summed E-state index contributed by atoms with van der Waals surface area (Å²) < 4.78 is 0. The Morgan fingerprint density at radius 1 is 1.28 bits per heavy atom. The standard InChI is InChI=1S/C14H22N2OS/c1-3-12(4-2)16(9-10-17)13-7-5-11(6-8-13)14(15)18/h5-8,12,17H,3-4,9-10H2,1-2H3,(H2,15,18). The largest absolute Gasteiger partial charge is 0.395 e. The van der Waals surface area contributed by atoms with Gasteiger partial charge >= 0.3 is 0 Å². The van der Waals surface area contributed by atoms with Crippen molar-refractivity contribution in [2.45, 2.75) is 32.7 Å². The predicted octanol–water partition coefficient (Wildman–Crippen LogP) is 2.31. The highest BCUT2D eigenvalue weighted by Crippen LogP contribution is 2.20. The van der Waals surface area contributed by atoms with Crippen LogP contribution in [-0.2, 0) is 0 Å². The van der Waals surface area contributed by atoms with E-state index in [1.165, 1.54) is 0 Å². The van der Waals surface area contributed by atoms with Crippen molar-refractivity contribution in [3.05, 3.63) is 29.8 Å². The molecule has 0 saturated heterocycles. The number of anilines is 1. The van der Waals surface area contributed by atoms with Crippen LogP contribution >= 0.6 is 12.2 Å². The van der Waals surface area contributed by atoms with Crippen molar-refractivity contribution in [2.75, 3.05) is 18.1 Å². The van der Waals surface area contributed by atoms with Crippen LogP contribution in [0, 0.1) is 0 Å². The van der Waals surface area contributed by atoms with Crippen LogP contribution in [-0.4, -0.2) is 29.3 Å². The zero-order valence-corrected chi connectivity index (χ0v) is 11.9. The number of aliphatic hydroxyl groups excluding tert-OH is 1. The molecule has 4 heteroatoms. The number of hydrogen-bond acceptors (Lipinski definition) is 3. The maximum absolute atomic E-state index is 9.20. The van der Waals surface area contributed by atoms with Gasteiger partial charge < -0.3 is 15.7 Å². The summed E-state index contributed by atoms with van der Waals surface area (Å²) in [7, 11) is 0. The Hall–Kier alpha value is -1.13. The van der Waals surface area contributed by atoms with E-state index in [4.69, 9.17) is 18.0 Å². The molecule has 0 aliphatic rings. The first-order valence-electron chi connectivity index (χ1n) is 6.41. The molecule has 0 aromatic heterocycles. The number of nitrogens with two attached hydrogens (primary N) is 1. The van der Waals surface area contributed by atoms with Gasteiger partial charge in [0.1, 0.15) is 4.99 Å². The quantitative estimate of drug-likeness (QED) is 0.744. The molecule has 3 N–H and O–H groups in total. The fourth-order valence-electron chi connectivity index (χ4n) is 2.18. The van der Waals surface area contributed by atoms with Gasteiger partial charge in [-0.05, 0) is 37.1 Å². The minimum atomic E-state index is 0.160. The third-order valence-electron chi connectivity index (χ3n) is 3.21. The number of hydrogen-bond donors (Lipinski definition) is 2. The molecule has 1 aromatic carbocycles. The van der Waals surface area contributed by atoms with Gasteiger partial charge in [0.2, 0.25) is 0 Å². The molecule has 0 atom stereocenters. The van der Waals surface area contributed by atoms with Crippen molar-refractivity contribution in [3.8, 4) is 0 Å². The van der Waals surface area contributed by atoms with E-state index in [9.17, 15) is 5.11 Å². The topological polar surface area (TPSA) is 49.5 Å². The van der Waals surface area contributed by atoms with Crippen LogP contribution in [0.5, 0.6) is 0 Å². The molecule has 1 rings (SSSR count). The Morgan fingerprint density at radius 3 is 2.22 bits per heavy atom. The summed E-state index contributed by atoms with van der Waals surface area (Å²) in [5.74, 6) is 0. The van der Waals surface area contributed by atoms with Crippen molar-refractivity contribution in [1.82, 2.24) is 0 Å². The van der Waals surface area contributed by atoms with E-state index < -0.39 is 0 Å². The van der Waals surface area contributed by atoms with E-state index in [0.29, 0.717) is 17.6 Å². The normalized spacial score (nSPS) is 10.7. The maximum Gasteiger partial charge on any atom is 0.103 e. The first kappa shape index (κ1) is 14.9. The maximum atomic E-state index is 9.20. The fraction of sp³-hybridized carbons (Fsp3) is 0.500. The smallest absolute Gasteiger partial charge is 0.103 e. The molecule has 100 valence electrons. The minimum absolute atomic E-state index is 0.160. The second kappa shape index (κ2) is 7.34. The van der Waals surface area contributed by atoms with E-state index in [2.05, 4.69) is 18.7 Å². The third kappa shape index (κ3) is 3.68. The summed E-state index contributed by atoms with van der Waals surface area (Å²) in [4.78, 5) is 2.65. The monoisotopic (exact) mass is 266 g/mol. The molecule has 0 amide bonds. The highest BCUT2D eigenvalue weighted by molar-refractivity contribution is 7.80. The highest BCUT2D eigenvalue weighted by Gasteiger charge is 2.15. The van der Waals surface area contributed by atoms with Crippen molar-refractivity contribution in [1.29, 1.82) is 0 Å². The second-order valence-electron chi connectivity index (χ2n) is 4.30. The van der Waals surface area contributed by atoms with Crippen molar-refractivity contribution < 1.29 is 5.11 Å². The van der Waals surface area contributed by atoms with Gasteiger partial charge in [-0.1, -0.05) is 26.1 Å². The number of nitrogens with zero attached hydrogens (tertiary/aromatic N) is 1. The second-order valence-corrected chi connectivity index (χ2v) is 4.74. The molecule has 18 heavy (non-hydrogen) atoms. The molecule has 0 radical (unpaired) electrons. The van der Waals surface area contributed by atoms with Gasteiger partial charge in [-0.25, -0.2) is 0 Å². The molecular weight excluding hydrogens is 244 g/mol. The summed E-state index contributed by atoms with van der Waals surface area (Å²) in [5.41, 5.74) is 7.57. The minimum Gasteiger partial charge on any atom is -0.395 e. The predicted molar refractivity (Wildman–Crippen MR) is 81.1 cm³/mol. The van der Waals surface area contributed by atoms with Crippen LogP contribution in [0.4, 0.5) is 5.69 Å². The van der Waals surface area contributed by atoms with E-state index in [1.54, 1.807) is 0 Å². The van der Waals surface area contributed by atoms with Crippen LogP contribution in [0.1, 0.15) is 32.3 Å². The Morgan fingerprint density at radius 2 is 1.83 bits per heavy atom. The van der Waals surface area contributed by atoms with Crippen LogP contribution in [0.3, 0.4) is 0 Å². The molecule has 0 aliphatic carbocycles. The zero-order chi connectivity index (χ0) is 13.5. The van der Waals surface area contributed by atoms with Gasteiger partial charge in [-0.2, -0.15) is 0 Å². The molecular formula is C14H22N2OS. The Bertz CT molecular complexity index is 374. The molecule has 3 nitrogen and oxygen atoms in total. The first-order valence-corrected chi connectivity index (χ1v) is 6.82. The van der Waals surface area contributed by atoms with E-state index in [1.807, 2.05) is 24.3 Å². The van der Waals surface area contributed by atoms with Gasteiger partial charge in [0.25, 0.3) is 0 Å². The molecule has 0 fully saturated rings. The van der Waals surface area contributed by atoms with Crippen LogP contribution in [0.2, 0.25) is 0 Å². The lowest BCUT2D eigenvalue weighted by atomic mass is 10.1. The number of thiocarbonyl (C=S) groups is 1. The Labute approximate surface area is 115 Å². The van der Waals surface area contributed by atoms with Crippen molar-refractivity contribution >= 4 is 22.9 Å². The summed E-state index contributed by atoms with van der Waals surface area (Å²) in [5, 5.41) is 9.20. The average Bonchev–Trinajstić information content (AvgIpc) is 2.39. The van der Waals surface area contributed by atoms with E-state index in [-0.39, 0.29) is 6.61 Å². The first-order chi connectivity index (χ1) is 8.63. The van der Waals surface area contributed by atoms with E-state index >= 15 is 0 Å². The lowest BCUT2D eigenvalue weighted by molar-refractivity contribution is 0.296. The lowest BCUT2D eigenvalue weighted by Crippen LogP contribution is -2.36.